The molecule has 0 aromatic heterocycles. The number of ether oxygens (including phenoxy) is 6. The highest BCUT2D eigenvalue weighted by Crippen LogP contribution is 2.39. The summed E-state index contributed by atoms with van der Waals surface area (Å²) in [6, 6.07) is 20.1. The lowest BCUT2D eigenvalue weighted by molar-refractivity contribution is -0.295. The molecule has 5 unspecified atom stereocenters. The molecule has 2 aliphatic rings. The first-order chi connectivity index (χ1) is 16.1. The van der Waals surface area contributed by atoms with Gasteiger partial charge in [-0.3, -0.25) is 0 Å². The third kappa shape index (κ3) is 6.61. The third-order valence-corrected chi connectivity index (χ3v) is 5.74. The summed E-state index contributed by atoms with van der Waals surface area (Å²) in [4.78, 5) is 0. The molecule has 180 valence electrons. The lowest BCUT2D eigenvalue weighted by atomic mass is 9.99. The van der Waals surface area contributed by atoms with Gasteiger partial charge in [-0.05, 0) is 37.9 Å². The van der Waals surface area contributed by atoms with Gasteiger partial charge >= 0.3 is 0 Å². The first kappa shape index (κ1) is 24.3. The van der Waals surface area contributed by atoms with Crippen molar-refractivity contribution in [2.24, 2.45) is 5.73 Å². The summed E-state index contributed by atoms with van der Waals surface area (Å²) in [5.74, 6) is -0.753. The number of hydrogen-bond donors (Lipinski definition) is 1. The van der Waals surface area contributed by atoms with E-state index in [4.69, 9.17) is 34.2 Å². The second-order valence-electron chi connectivity index (χ2n) is 8.88. The van der Waals surface area contributed by atoms with Crippen LogP contribution >= 0.6 is 0 Å². The Morgan fingerprint density at radius 2 is 1.48 bits per heavy atom. The van der Waals surface area contributed by atoms with Gasteiger partial charge in [-0.1, -0.05) is 60.7 Å². The van der Waals surface area contributed by atoms with Gasteiger partial charge in [0.25, 0.3) is 0 Å². The largest absolute Gasteiger partial charge is 0.374 e. The van der Waals surface area contributed by atoms with E-state index < -0.39 is 18.2 Å². The van der Waals surface area contributed by atoms with Crippen LogP contribution in [0.5, 0.6) is 0 Å². The molecule has 0 amide bonds. The Morgan fingerprint density at radius 3 is 2.15 bits per heavy atom. The van der Waals surface area contributed by atoms with Gasteiger partial charge in [0.05, 0.1) is 26.4 Å². The van der Waals surface area contributed by atoms with Crippen LogP contribution in [0.2, 0.25) is 0 Å². The van der Waals surface area contributed by atoms with E-state index in [1.165, 1.54) is 0 Å². The minimum Gasteiger partial charge on any atom is -0.374 e. The lowest BCUT2D eigenvalue weighted by Gasteiger charge is -2.41. The number of nitrogens with two attached hydrogens (primary N) is 1. The van der Waals surface area contributed by atoms with Gasteiger partial charge in [-0.25, -0.2) is 0 Å². The molecule has 2 aromatic rings. The molecule has 7 nitrogen and oxygen atoms in total. The fourth-order valence-electron chi connectivity index (χ4n) is 4.20. The number of benzene rings is 2. The Bertz CT molecular complexity index is 833. The zero-order chi connectivity index (χ0) is 23.1. The fraction of sp³-hybridized carbons (Fsp3) is 0.538. The van der Waals surface area contributed by atoms with Crippen molar-refractivity contribution < 1.29 is 28.4 Å². The summed E-state index contributed by atoms with van der Waals surface area (Å²) >= 11 is 0. The van der Waals surface area contributed by atoms with Crippen LogP contribution in [0, 0.1) is 0 Å². The minimum absolute atomic E-state index is 0.328. The zero-order valence-corrected chi connectivity index (χ0v) is 19.4. The molecular weight excluding hydrogens is 422 g/mol. The van der Waals surface area contributed by atoms with Crippen molar-refractivity contribution in [1.82, 2.24) is 0 Å². The van der Waals surface area contributed by atoms with Crippen molar-refractivity contribution in [3.05, 3.63) is 71.8 Å². The van der Waals surface area contributed by atoms with Gasteiger partial charge in [0, 0.05) is 0 Å². The first-order valence-electron chi connectivity index (χ1n) is 11.7. The third-order valence-electron chi connectivity index (χ3n) is 5.74. The average Bonchev–Trinajstić information content (AvgIpc) is 3.15. The van der Waals surface area contributed by atoms with E-state index in [9.17, 15) is 0 Å². The van der Waals surface area contributed by atoms with E-state index in [1.807, 2.05) is 74.5 Å². The molecule has 33 heavy (non-hydrogen) atoms. The standard InChI is InChI=1S/C26H35NO6/c1-26(2)32-22-21(18-28-16-19-10-5-3-6-11-19)31-25(29-15-9-14-27)24(23(22)33-26)30-17-20-12-7-4-8-13-20/h3-8,10-13,21-25H,9,14-18,27H2,1-2H3. The molecule has 2 N–H and O–H groups in total. The number of hydrogen-bond acceptors (Lipinski definition) is 7. The summed E-state index contributed by atoms with van der Waals surface area (Å²) in [6.45, 7) is 6.12. The van der Waals surface area contributed by atoms with Crippen LogP contribution in [0.4, 0.5) is 0 Å². The normalized spacial score (nSPS) is 28.5. The second-order valence-corrected chi connectivity index (χ2v) is 8.88. The molecule has 5 atom stereocenters. The Morgan fingerprint density at radius 1 is 0.848 bits per heavy atom. The minimum atomic E-state index is -0.753. The van der Waals surface area contributed by atoms with E-state index in [2.05, 4.69) is 0 Å². The highest BCUT2D eigenvalue weighted by atomic mass is 16.8. The molecular formula is C26H35NO6. The SMILES string of the molecule is CC1(C)OC2C(COCc3ccccc3)OC(OCCCN)C(OCc3ccccc3)C2O1. The molecule has 2 heterocycles. The average molecular weight is 458 g/mol. The molecule has 0 radical (unpaired) electrons. The highest BCUT2D eigenvalue weighted by Gasteiger charge is 2.56. The molecule has 2 saturated heterocycles. The van der Waals surface area contributed by atoms with Crippen LogP contribution in [-0.2, 0) is 41.6 Å². The number of rotatable bonds is 11. The molecule has 2 aliphatic heterocycles. The van der Waals surface area contributed by atoms with Crippen molar-refractivity contribution in [1.29, 1.82) is 0 Å². The van der Waals surface area contributed by atoms with Gasteiger partial charge in [0.15, 0.2) is 12.1 Å². The van der Waals surface area contributed by atoms with Gasteiger partial charge in [0.2, 0.25) is 0 Å². The molecule has 0 bridgehead atoms. The summed E-state index contributed by atoms with van der Waals surface area (Å²) in [7, 11) is 0. The molecule has 2 fully saturated rings. The molecule has 4 rings (SSSR count). The van der Waals surface area contributed by atoms with E-state index >= 15 is 0 Å². The van der Waals surface area contributed by atoms with Gasteiger partial charge in [0.1, 0.15) is 24.4 Å². The summed E-state index contributed by atoms with van der Waals surface area (Å²) in [5, 5.41) is 0. The van der Waals surface area contributed by atoms with Crippen LogP contribution in [0.25, 0.3) is 0 Å². The maximum atomic E-state index is 6.36. The van der Waals surface area contributed by atoms with E-state index in [0.29, 0.717) is 33.0 Å². The Kier molecular flexibility index (Phi) is 8.49. The van der Waals surface area contributed by atoms with Gasteiger partial charge < -0.3 is 34.2 Å². The maximum absolute atomic E-state index is 6.36. The van der Waals surface area contributed by atoms with Crippen LogP contribution in [0.1, 0.15) is 31.4 Å². The van der Waals surface area contributed by atoms with Crippen molar-refractivity contribution >= 4 is 0 Å². The van der Waals surface area contributed by atoms with E-state index in [-0.39, 0.29) is 18.3 Å². The predicted octanol–water partition coefficient (Wildman–Crippen LogP) is 3.40. The molecule has 7 heteroatoms. The second kappa shape index (κ2) is 11.5. The fourth-order valence-corrected chi connectivity index (χ4v) is 4.20. The Balaban J connectivity index is 1.46. The zero-order valence-electron chi connectivity index (χ0n) is 19.4. The van der Waals surface area contributed by atoms with Gasteiger partial charge in [-0.15, -0.1) is 0 Å². The van der Waals surface area contributed by atoms with E-state index in [1.54, 1.807) is 0 Å². The maximum Gasteiger partial charge on any atom is 0.186 e. The summed E-state index contributed by atoms with van der Waals surface area (Å²) < 4.78 is 37.3. The Hall–Kier alpha value is -1.84. The number of fused-ring (bicyclic) bond motifs is 1. The first-order valence-corrected chi connectivity index (χ1v) is 11.7. The Labute approximate surface area is 196 Å². The highest BCUT2D eigenvalue weighted by molar-refractivity contribution is 5.14. The quantitative estimate of drug-likeness (QED) is 0.518. The topological polar surface area (TPSA) is 81.4 Å². The summed E-state index contributed by atoms with van der Waals surface area (Å²) in [6.07, 6.45) is -1.34. The van der Waals surface area contributed by atoms with Crippen molar-refractivity contribution in [3.63, 3.8) is 0 Å². The van der Waals surface area contributed by atoms with E-state index in [0.717, 1.165) is 17.5 Å². The van der Waals surface area contributed by atoms with Crippen LogP contribution < -0.4 is 5.73 Å². The van der Waals surface area contributed by atoms with Crippen molar-refractivity contribution in [3.8, 4) is 0 Å². The van der Waals surface area contributed by atoms with Crippen molar-refractivity contribution in [2.45, 2.75) is 70.0 Å². The monoisotopic (exact) mass is 457 g/mol. The van der Waals surface area contributed by atoms with Crippen LogP contribution in [0.3, 0.4) is 0 Å². The van der Waals surface area contributed by atoms with Crippen LogP contribution in [-0.4, -0.2) is 56.3 Å². The lowest BCUT2D eigenvalue weighted by Crippen LogP contribution is -2.59. The molecule has 2 aromatic carbocycles. The summed E-state index contributed by atoms with van der Waals surface area (Å²) in [5.41, 5.74) is 7.84. The molecule has 0 aliphatic carbocycles. The molecule has 0 spiro atoms. The predicted molar refractivity (Wildman–Crippen MR) is 123 cm³/mol. The van der Waals surface area contributed by atoms with Crippen LogP contribution in [0.15, 0.2) is 60.7 Å². The molecule has 0 saturated carbocycles. The van der Waals surface area contributed by atoms with Crippen molar-refractivity contribution in [2.75, 3.05) is 19.8 Å². The smallest absolute Gasteiger partial charge is 0.186 e. The van der Waals surface area contributed by atoms with Gasteiger partial charge in [-0.2, -0.15) is 0 Å².